The molecule has 0 fully saturated rings. The van der Waals surface area contributed by atoms with Gasteiger partial charge in [0.15, 0.2) is 0 Å². The summed E-state index contributed by atoms with van der Waals surface area (Å²) >= 11 is 0. The van der Waals surface area contributed by atoms with Crippen LogP contribution in [0, 0.1) is 11.6 Å². The van der Waals surface area contributed by atoms with Crippen molar-refractivity contribution in [2.75, 3.05) is 7.05 Å². The van der Waals surface area contributed by atoms with Gasteiger partial charge in [0, 0.05) is 30.8 Å². The second-order valence-corrected chi connectivity index (χ2v) is 7.21. The molecular weight excluding hydrogens is 362 g/mol. The van der Waals surface area contributed by atoms with Crippen LogP contribution in [0.5, 0.6) is 5.75 Å². The summed E-state index contributed by atoms with van der Waals surface area (Å²) < 4.78 is 80.7. The van der Waals surface area contributed by atoms with E-state index in [1.807, 2.05) is 0 Å². The van der Waals surface area contributed by atoms with Crippen molar-refractivity contribution < 1.29 is 30.7 Å². The van der Waals surface area contributed by atoms with Crippen LogP contribution in [0.1, 0.15) is 19.3 Å². The van der Waals surface area contributed by atoms with Crippen molar-refractivity contribution in [3.8, 4) is 5.75 Å². The van der Waals surface area contributed by atoms with Crippen LogP contribution in [0.2, 0.25) is 0 Å². The first-order chi connectivity index (χ1) is 11.7. The molecule has 0 heterocycles. The fourth-order valence-corrected chi connectivity index (χ4v) is 3.29. The average molecular weight is 377 g/mol. The first-order valence-corrected chi connectivity index (χ1v) is 8.76. The van der Waals surface area contributed by atoms with E-state index in [4.69, 9.17) is 4.74 Å². The summed E-state index contributed by atoms with van der Waals surface area (Å²) in [5.41, 5.74) is 0.374. The fourth-order valence-electron chi connectivity index (χ4n) is 2.51. The molecule has 136 valence electrons. The number of benzene rings is 1. The van der Waals surface area contributed by atoms with E-state index in [2.05, 4.69) is 11.6 Å². The maximum absolute atomic E-state index is 13.3. The van der Waals surface area contributed by atoms with Gasteiger partial charge in [-0.15, -0.1) is 0 Å². The number of halogens is 4. The Labute approximate surface area is 142 Å². The van der Waals surface area contributed by atoms with Crippen molar-refractivity contribution in [3.05, 3.63) is 52.5 Å². The zero-order valence-electron chi connectivity index (χ0n) is 13.2. The molecule has 9 heteroatoms. The lowest BCUT2D eigenvalue weighted by atomic mass is 10.1. The molecule has 0 saturated heterocycles. The van der Waals surface area contributed by atoms with Gasteiger partial charge in [0.05, 0.1) is 4.91 Å². The number of alkyl halides is 2. The highest BCUT2D eigenvalue weighted by atomic mass is 32.2. The predicted molar refractivity (Wildman–Crippen MR) is 85.3 cm³/mol. The largest absolute Gasteiger partial charge is 0.439 e. The van der Waals surface area contributed by atoms with Gasteiger partial charge in [0.2, 0.25) is 15.7 Å². The normalized spacial score (nSPS) is 15.8. The van der Waals surface area contributed by atoms with Gasteiger partial charge in [0.25, 0.3) is 0 Å². The Morgan fingerprint density at radius 3 is 2.24 bits per heavy atom. The number of hydrogen-bond donors (Lipinski definition) is 0. The third-order valence-electron chi connectivity index (χ3n) is 3.64. The summed E-state index contributed by atoms with van der Waals surface area (Å²) in [6.07, 6.45) is 1.01. The molecule has 25 heavy (non-hydrogen) atoms. The summed E-state index contributed by atoms with van der Waals surface area (Å²) in [5, 5.41) is 0. The van der Waals surface area contributed by atoms with Crippen LogP contribution < -0.4 is 4.74 Å². The molecule has 0 spiro atoms. The van der Waals surface area contributed by atoms with Crippen LogP contribution in [-0.2, 0) is 9.84 Å². The van der Waals surface area contributed by atoms with Gasteiger partial charge in [-0.3, -0.25) is 4.99 Å². The average Bonchev–Trinajstić information content (AvgIpc) is 2.99. The molecule has 0 aromatic heterocycles. The van der Waals surface area contributed by atoms with Gasteiger partial charge < -0.3 is 4.74 Å². The topological polar surface area (TPSA) is 55.7 Å². The second-order valence-electron chi connectivity index (χ2n) is 5.28. The Kier molecular flexibility index (Phi) is 5.66. The van der Waals surface area contributed by atoms with Gasteiger partial charge in [-0.25, -0.2) is 17.2 Å². The number of sulfone groups is 1. The van der Waals surface area contributed by atoms with Gasteiger partial charge in [-0.05, 0) is 24.8 Å². The molecule has 1 aromatic carbocycles. The zero-order chi connectivity index (χ0) is 18.8. The van der Waals surface area contributed by atoms with Gasteiger partial charge >= 0.3 is 5.76 Å². The molecule has 0 amide bonds. The molecule has 0 N–H and O–H groups in total. The number of allylic oxidation sites excluding steroid dienone is 1. The molecule has 1 aliphatic carbocycles. The standard InChI is InChI=1S/C16H15F4NO3S/c1-9(25(22,23)16(19)20)13-4-3-5-14(13)15(21-2)24-12-7-10(17)6-11(18)8-12/h6-8,16H,1,3-5H2,2H3/b21-15+. The van der Waals surface area contributed by atoms with Gasteiger partial charge in [-0.1, -0.05) is 6.58 Å². The lowest BCUT2D eigenvalue weighted by Gasteiger charge is -2.14. The Morgan fingerprint density at radius 1 is 1.16 bits per heavy atom. The number of aliphatic imine (C=N–C) groups is 1. The molecule has 1 aromatic rings. The van der Waals surface area contributed by atoms with E-state index in [0.29, 0.717) is 18.9 Å². The van der Waals surface area contributed by atoms with Crippen LogP contribution in [0.15, 0.2) is 45.8 Å². The lowest BCUT2D eigenvalue weighted by molar-refractivity contribution is 0.236. The Morgan fingerprint density at radius 2 is 1.72 bits per heavy atom. The molecule has 0 radical (unpaired) electrons. The molecule has 0 bridgehead atoms. The highest BCUT2D eigenvalue weighted by Crippen LogP contribution is 2.36. The van der Waals surface area contributed by atoms with Crippen LogP contribution >= 0.6 is 0 Å². The quantitative estimate of drug-likeness (QED) is 0.443. The van der Waals surface area contributed by atoms with Crippen molar-refractivity contribution in [1.82, 2.24) is 0 Å². The first-order valence-electron chi connectivity index (χ1n) is 7.21. The van der Waals surface area contributed by atoms with Crippen molar-refractivity contribution in [1.29, 1.82) is 0 Å². The number of hydrogen-bond acceptors (Lipinski definition) is 4. The van der Waals surface area contributed by atoms with Crippen molar-refractivity contribution in [3.63, 3.8) is 0 Å². The molecule has 0 unspecified atom stereocenters. The van der Waals surface area contributed by atoms with Crippen molar-refractivity contribution in [2.45, 2.75) is 25.0 Å². The first kappa shape index (κ1) is 19.2. The second kappa shape index (κ2) is 7.38. The molecule has 2 rings (SSSR count). The maximum Gasteiger partial charge on any atom is 0.341 e. The minimum absolute atomic E-state index is 0.0943. The Hall–Kier alpha value is -2.16. The molecule has 1 aliphatic rings. The van der Waals surface area contributed by atoms with E-state index in [0.717, 1.165) is 12.1 Å². The summed E-state index contributed by atoms with van der Waals surface area (Å²) in [6.45, 7) is 3.28. The smallest absolute Gasteiger partial charge is 0.341 e. The maximum atomic E-state index is 13.3. The van der Waals surface area contributed by atoms with E-state index in [9.17, 15) is 26.0 Å². The van der Waals surface area contributed by atoms with Crippen molar-refractivity contribution in [2.24, 2.45) is 4.99 Å². The summed E-state index contributed by atoms with van der Waals surface area (Å²) in [4.78, 5) is 3.16. The molecule has 0 saturated carbocycles. The predicted octanol–water partition coefficient (Wildman–Crippen LogP) is 4.00. The number of nitrogens with zero attached hydrogens (tertiary/aromatic N) is 1. The number of rotatable bonds is 5. The lowest BCUT2D eigenvalue weighted by Crippen LogP contribution is -2.17. The number of ether oxygens (including phenoxy) is 1. The van der Waals surface area contributed by atoms with E-state index < -0.39 is 32.1 Å². The molecule has 4 nitrogen and oxygen atoms in total. The van der Waals surface area contributed by atoms with Crippen LogP contribution in [0.4, 0.5) is 17.6 Å². The fraction of sp³-hybridized carbons (Fsp3) is 0.312. The Balaban J connectivity index is 2.40. The molecule has 0 atom stereocenters. The van der Waals surface area contributed by atoms with Gasteiger partial charge in [-0.2, -0.15) is 8.78 Å². The zero-order valence-corrected chi connectivity index (χ0v) is 14.0. The minimum Gasteiger partial charge on any atom is -0.439 e. The van der Waals surface area contributed by atoms with E-state index in [1.54, 1.807) is 0 Å². The third-order valence-corrected chi connectivity index (χ3v) is 5.05. The summed E-state index contributed by atoms with van der Waals surface area (Å²) in [5.74, 6) is -5.59. The molecular formula is C16H15F4NO3S. The summed E-state index contributed by atoms with van der Waals surface area (Å²) in [7, 11) is -3.51. The van der Waals surface area contributed by atoms with Crippen molar-refractivity contribution >= 4 is 15.7 Å². The van der Waals surface area contributed by atoms with Crippen LogP contribution in [-0.4, -0.2) is 27.1 Å². The van der Waals surface area contributed by atoms with E-state index in [1.165, 1.54) is 7.05 Å². The monoisotopic (exact) mass is 377 g/mol. The highest BCUT2D eigenvalue weighted by Gasteiger charge is 2.34. The molecule has 0 aliphatic heterocycles. The van der Waals surface area contributed by atoms with Crippen LogP contribution in [0.3, 0.4) is 0 Å². The van der Waals surface area contributed by atoms with E-state index >= 15 is 0 Å². The van der Waals surface area contributed by atoms with Gasteiger partial charge in [0.1, 0.15) is 17.4 Å². The van der Waals surface area contributed by atoms with Crippen LogP contribution in [0.25, 0.3) is 0 Å². The highest BCUT2D eigenvalue weighted by molar-refractivity contribution is 7.95. The minimum atomic E-state index is -4.84. The SMILES string of the molecule is C=C(C1=C(/C(=N\C)Oc2cc(F)cc(F)c2)CCC1)S(=O)(=O)C(F)F. The third kappa shape index (κ3) is 4.09. The Bertz CT molecular complexity index is 840. The summed E-state index contributed by atoms with van der Waals surface area (Å²) in [6, 6.07) is 2.51. The van der Waals surface area contributed by atoms with E-state index in [-0.39, 0.29) is 29.2 Å².